The standard InChI is InChI=1S/2C6H6O.2FH.Ti/c2*7-6-4-2-1-3-5-6;;;/h2*1-5,7H;2*1H;/q;;;;+2/p-2. The third kappa shape index (κ3) is 10.9. The van der Waals surface area contributed by atoms with E-state index < -0.39 is 0 Å². The van der Waals surface area contributed by atoms with Gasteiger partial charge in [-0.25, -0.2) is 0 Å². The van der Waals surface area contributed by atoms with Gasteiger partial charge in [-0.1, -0.05) is 36.4 Å². The van der Waals surface area contributed by atoms with Gasteiger partial charge in [-0.05, 0) is 24.3 Å². The molecule has 0 bridgehead atoms. The average molecular weight is 274 g/mol. The van der Waals surface area contributed by atoms with Crippen molar-refractivity contribution >= 4 is 0 Å². The molecule has 0 saturated heterocycles. The molecule has 2 N–H and O–H groups in total. The van der Waals surface area contributed by atoms with E-state index >= 15 is 0 Å². The Morgan fingerprint density at radius 1 is 0.529 bits per heavy atom. The maximum atomic E-state index is 8.63. The van der Waals surface area contributed by atoms with Crippen LogP contribution >= 0.6 is 0 Å². The van der Waals surface area contributed by atoms with Crippen LogP contribution in [0.15, 0.2) is 60.7 Å². The van der Waals surface area contributed by atoms with Gasteiger partial charge in [0.15, 0.2) is 0 Å². The van der Waals surface area contributed by atoms with E-state index in [2.05, 4.69) is 0 Å². The first kappa shape index (κ1) is 21.0. The van der Waals surface area contributed by atoms with Crippen molar-refractivity contribution in [2.45, 2.75) is 0 Å². The predicted octanol–water partition coefficient (Wildman–Crippen LogP) is -3.21. The third-order valence-electron chi connectivity index (χ3n) is 1.51. The average Bonchev–Trinajstić information content (AvgIpc) is 2.21. The van der Waals surface area contributed by atoms with Crippen molar-refractivity contribution in [1.82, 2.24) is 0 Å². The number of hydrogen-bond acceptors (Lipinski definition) is 2. The number of rotatable bonds is 0. The van der Waals surface area contributed by atoms with Crippen LogP contribution in [0.25, 0.3) is 0 Å². The van der Waals surface area contributed by atoms with Crippen molar-refractivity contribution in [2.24, 2.45) is 0 Å². The molecule has 0 unspecified atom stereocenters. The zero-order valence-electron chi connectivity index (χ0n) is 8.92. The Hall–Kier alpha value is -1.39. The van der Waals surface area contributed by atoms with Crippen LogP contribution in [0, 0.1) is 0 Å². The van der Waals surface area contributed by atoms with Crippen LogP contribution in [0.4, 0.5) is 0 Å². The Morgan fingerprint density at radius 2 is 0.765 bits per heavy atom. The minimum Gasteiger partial charge on any atom is -1.00 e. The summed E-state index contributed by atoms with van der Waals surface area (Å²) in [6, 6.07) is 17.4. The van der Waals surface area contributed by atoms with Crippen molar-refractivity contribution < 1.29 is 41.3 Å². The molecule has 5 heteroatoms. The molecule has 2 nitrogen and oxygen atoms in total. The second-order valence-corrected chi connectivity index (χ2v) is 2.67. The summed E-state index contributed by atoms with van der Waals surface area (Å²) < 4.78 is 0. The molecule has 0 aliphatic rings. The monoisotopic (exact) mass is 274 g/mol. The molecule has 0 aromatic heterocycles. The second-order valence-electron chi connectivity index (χ2n) is 2.67. The van der Waals surface area contributed by atoms with E-state index in [0.717, 1.165) is 0 Å². The normalized spacial score (nSPS) is 7.06. The summed E-state index contributed by atoms with van der Waals surface area (Å²) in [5.74, 6) is 0.644. The van der Waals surface area contributed by atoms with E-state index in [0.29, 0.717) is 11.5 Å². The fourth-order valence-electron chi connectivity index (χ4n) is 0.856. The predicted molar refractivity (Wildman–Crippen MR) is 56.2 cm³/mol. The van der Waals surface area contributed by atoms with Gasteiger partial charge in [-0.15, -0.1) is 0 Å². The van der Waals surface area contributed by atoms with Gasteiger partial charge < -0.3 is 19.6 Å². The molecule has 2 aromatic rings. The number of phenols is 2. The van der Waals surface area contributed by atoms with Gasteiger partial charge >= 0.3 is 21.7 Å². The maximum absolute atomic E-state index is 8.63. The molecular formula is C12H12F2O2Ti. The summed E-state index contributed by atoms with van der Waals surface area (Å²) in [6.07, 6.45) is 0. The van der Waals surface area contributed by atoms with Gasteiger partial charge in [0.1, 0.15) is 11.5 Å². The van der Waals surface area contributed by atoms with E-state index in [9.17, 15) is 0 Å². The van der Waals surface area contributed by atoms with Crippen molar-refractivity contribution in [3.8, 4) is 11.5 Å². The van der Waals surface area contributed by atoms with Crippen LogP contribution in [-0.4, -0.2) is 10.2 Å². The first-order valence-corrected chi connectivity index (χ1v) is 4.27. The Kier molecular flexibility index (Phi) is 15.6. The maximum Gasteiger partial charge on any atom is 2.00 e. The minimum atomic E-state index is 0. The molecule has 0 aliphatic heterocycles. The summed E-state index contributed by atoms with van der Waals surface area (Å²) >= 11 is 0. The van der Waals surface area contributed by atoms with Gasteiger partial charge in [-0.3, -0.25) is 0 Å². The molecule has 0 saturated carbocycles. The molecule has 17 heavy (non-hydrogen) atoms. The molecule has 0 heterocycles. The summed E-state index contributed by atoms with van der Waals surface area (Å²) in [4.78, 5) is 0. The molecule has 0 fully saturated rings. The Labute approximate surface area is 114 Å². The number of halogens is 2. The van der Waals surface area contributed by atoms with Gasteiger partial charge in [0.25, 0.3) is 0 Å². The van der Waals surface area contributed by atoms with Gasteiger partial charge in [0.2, 0.25) is 0 Å². The summed E-state index contributed by atoms with van der Waals surface area (Å²) in [7, 11) is 0. The number of aromatic hydroxyl groups is 2. The Balaban J connectivity index is -0.000000196. The SMILES string of the molecule is Oc1ccccc1.Oc1ccccc1.[F-].[F-].[Ti+2]. The minimum absolute atomic E-state index is 0. The van der Waals surface area contributed by atoms with Crippen molar-refractivity contribution in [3.63, 3.8) is 0 Å². The van der Waals surface area contributed by atoms with Gasteiger partial charge in [0.05, 0.1) is 0 Å². The van der Waals surface area contributed by atoms with E-state index in [1.165, 1.54) is 0 Å². The van der Waals surface area contributed by atoms with E-state index in [1.54, 1.807) is 48.5 Å². The first-order chi connectivity index (χ1) is 6.79. The molecule has 0 aliphatic carbocycles. The van der Waals surface area contributed by atoms with Crippen LogP contribution in [0.5, 0.6) is 11.5 Å². The molecule has 2 rings (SSSR count). The molecule has 2 aromatic carbocycles. The Bertz CT molecular complexity index is 320. The summed E-state index contributed by atoms with van der Waals surface area (Å²) in [6.45, 7) is 0. The van der Waals surface area contributed by atoms with Crippen LogP contribution in [0.3, 0.4) is 0 Å². The summed E-state index contributed by atoms with van der Waals surface area (Å²) in [5.41, 5.74) is 0. The number of phenolic OH excluding ortho intramolecular Hbond substituents is 2. The van der Waals surface area contributed by atoms with Crippen LogP contribution in [0.1, 0.15) is 0 Å². The fourth-order valence-corrected chi connectivity index (χ4v) is 0.856. The zero-order valence-corrected chi connectivity index (χ0v) is 10.5. The molecular weight excluding hydrogens is 262 g/mol. The summed E-state index contributed by atoms with van der Waals surface area (Å²) in [5, 5.41) is 17.3. The number of hydrogen-bond donors (Lipinski definition) is 2. The quantitative estimate of drug-likeness (QED) is 0.497. The number of para-hydroxylation sites is 2. The van der Waals surface area contributed by atoms with Crippen LogP contribution < -0.4 is 9.41 Å². The molecule has 0 amide bonds. The smallest absolute Gasteiger partial charge is 1.00 e. The number of benzene rings is 2. The van der Waals surface area contributed by atoms with Crippen molar-refractivity contribution in [2.75, 3.05) is 0 Å². The molecule has 90 valence electrons. The van der Waals surface area contributed by atoms with Gasteiger partial charge in [0, 0.05) is 0 Å². The topological polar surface area (TPSA) is 40.5 Å². The molecule has 0 spiro atoms. The molecule has 0 atom stereocenters. The van der Waals surface area contributed by atoms with Gasteiger partial charge in [-0.2, -0.15) is 0 Å². The fraction of sp³-hybridized carbons (Fsp3) is 0. The van der Waals surface area contributed by atoms with E-state index in [4.69, 9.17) is 10.2 Å². The van der Waals surface area contributed by atoms with E-state index in [-0.39, 0.29) is 31.1 Å². The first-order valence-electron chi connectivity index (χ1n) is 4.27. The Morgan fingerprint density at radius 3 is 0.882 bits per heavy atom. The third-order valence-corrected chi connectivity index (χ3v) is 1.51. The van der Waals surface area contributed by atoms with Crippen molar-refractivity contribution in [3.05, 3.63) is 60.7 Å². The van der Waals surface area contributed by atoms with Crippen LogP contribution in [-0.2, 0) is 21.7 Å². The zero-order chi connectivity index (χ0) is 10.2. The molecule has 0 radical (unpaired) electrons. The largest absolute Gasteiger partial charge is 2.00 e. The second kappa shape index (κ2) is 12.7. The van der Waals surface area contributed by atoms with Crippen LogP contribution in [0.2, 0.25) is 0 Å². The van der Waals surface area contributed by atoms with E-state index in [1.807, 2.05) is 12.1 Å². The van der Waals surface area contributed by atoms with Crippen molar-refractivity contribution in [1.29, 1.82) is 0 Å².